The minimum atomic E-state index is -0.265. The van der Waals surface area contributed by atoms with Crippen molar-refractivity contribution < 1.29 is 4.39 Å². The van der Waals surface area contributed by atoms with Crippen LogP contribution in [0.15, 0.2) is 47.3 Å². The van der Waals surface area contributed by atoms with Crippen LogP contribution >= 0.6 is 0 Å². The predicted molar refractivity (Wildman–Crippen MR) is 129 cm³/mol. The molecule has 1 aliphatic rings. The van der Waals surface area contributed by atoms with Gasteiger partial charge in [0.25, 0.3) is 5.56 Å². The molecule has 0 radical (unpaired) electrons. The van der Waals surface area contributed by atoms with E-state index in [0.29, 0.717) is 25.7 Å². The summed E-state index contributed by atoms with van der Waals surface area (Å²) in [5, 5.41) is 13.4. The lowest BCUT2D eigenvalue weighted by Crippen LogP contribution is -2.35. The van der Waals surface area contributed by atoms with Gasteiger partial charge in [0.05, 0.1) is 18.6 Å². The maximum Gasteiger partial charge on any atom is 0.252 e. The van der Waals surface area contributed by atoms with Crippen LogP contribution in [-0.2, 0) is 19.6 Å². The summed E-state index contributed by atoms with van der Waals surface area (Å²) < 4.78 is 15.0. The summed E-state index contributed by atoms with van der Waals surface area (Å²) in [6.45, 7) is 5.64. The molecule has 0 unspecified atom stereocenters. The molecule has 0 amide bonds. The number of halogens is 1. The number of aromatic amines is 1. The number of nitrogens with zero attached hydrogens (tertiary/aromatic N) is 5. The predicted octanol–water partition coefficient (Wildman–Crippen LogP) is 4.26. The van der Waals surface area contributed by atoms with Crippen LogP contribution < -0.4 is 5.56 Å². The highest BCUT2D eigenvalue weighted by atomic mass is 19.1. The van der Waals surface area contributed by atoms with Crippen LogP contribution in [-0.4, -0.2) is 36.1 Å². The number of tetrazole rings is 1. The van der Waals surface area contributed by atoms with Gasteiger partial charge in [0.2, 0.25) is 0 Å². The number of pyridine rings is 1. The minimum absolute atomic E-state index is 0.0478. The molecule has 176 valence electrons. The van der Waals surface area contributed by atoms with Crippen molar-refractivity contribution in [3.8, 4) is 0 Å². The minimum Gasteiger partial charge on any atom is -0.321 e. The van der Waals surface area contributed by atoms with Gasteiger partial charge in [0, 0.05) is 18.2 Å². The molecule has 7 nitrogen and oxygen atoms in total. The highest BCUT2D eigenvalue weighted by Crippen LogP contribution is 2.27. The third-order valence-electron chi connectivity index (χ3n) is 6.78. The van der Waals surface area contributed by atoms with Gasteiger partial charge >= 0.3 is 0 Å². The fraction of sp³-hybridized carbons (Fsp3) is 0.385. The zero-order valence-corrected chi connectivity index (χ0v) is 19.6. The summed E-state index contributed by atoms with van der Waals surface area (Å²) in [4.78, 5) is 18.4. The van der Waals surface area contributed by atoms with Crippen molar-refractivity contribution in [3.05, 3.63) is 86.7 Å². The number of benzene rings is 2. The Bertz CT molecular complexity index is 1350. The lowest BCUT2D eigenvalue weighted by molar-refractivity contribution is 0.172. The molecule has 0 aliphatic heterocycles. The van der Waals surface area contributed by atoms with Crippen LogP contribution in [0.25, 0.3) is 10.9 Å². The van der Waals surface area contributed by atoms with Gasteiger partial charge < -0.3 is 4.98 Å². The van der Waals surface area contributed by atoms with E-state index >= 15 is 0 Å². The Balaban J connectivity index is 1.43. The van der Waals surface area contributed by atoms with E-state index in [4.69, 9.17) is 0 Å². The molecule has 0 saturated heterocycles. The number of hydrogen-bond acceptors (Lipinski definition) is 5. The van der Waals surface area contributed by atoms with E-state index in [1.54, 1.807) is 16.8 Å². The molecule has 34 heavy (non-hydrogen) atoms. The van der Waals surface area contributed by atoms with Gasteiger partial charge in [-0.15, -0.1) is 5.10 Å². The second-order valence-electron chi connectivity index (χ2n) is 9.39. The van der Waals surface area contributed by atoms with Gasteiger partial charge in [-0.25, -0.2) is 9.07 Å². The number of aryl methyl sites for hydroxylation is 2. The van der Waals surface area contributed by atoms with Gasteiger partial charge in [-0.05, 0) is 77.9 Å². The maximum atomic E-state index is 13.3. The first kappa shape index (κ1) is 22.4. The molecule has 0 spiro atoms. The average Bonchev–Trinajstić information content (AvgIpc) is 3.48. The van der Waals surface area contributed by atoms with E-state index in [1.807, 2.05) is 13.0 Å². The van der Waals surface area contributed by atoms with E-state index in [-0.39, 0.29) is 11.4 Å². The van der Waals surface area contributed by atoms with Crippen molar-refractivity contribution in [2.24, 2.45) is 0 Å². The zero-order chi connectivity index (χ0) is 23.7. The SMILES string of the molecule is Cc1cc(C)c2[nH]c(=O)c(CN(Cc3nnnn3Cc3ccc(F)cc3)C3CCCC3)cc2c1. The Kier molecular flexibility index (Phi) is 6.24. The number of hydrogen-bond donors (Lipinski definition) is 1. The smallest absolute Gasteiger partial charge is 0.252 e. The molecule has 2 aromatic carbocycles. The molecule has 2 heterocycles. The summed E-state index contributed by atoms with van der Waals surface area (Å²) >= 11 is 0. The van der Waals surface area contributed by atoms with Crippen LogP contribution in [0.1, 0.15) is 53.8 Å². The van der Waals surface area contributed by atoms with Gasteiger partial charge in [-0.3, -0.25) is 9.69 Å². The van der Waals surface area contributed by atoms with Crippen LogP contribution in [0.3, 0.4) is 0 Å². The quantitative estimate of drug-likeness (QED) is 0.446. The monoisotopic (exact) mass is 460 g/mol. The highest BCUT2D eigenvalue weighted by molar-refractivity contribution is 5.82. The third-order valence-corrected chi connectivity index (χ3v) is 6.78. The number of H-pyrrole nitrogens is 1. The molecular weight excluding hydrogens is 431 g/mol. The van der Waals surface area contributed by atoms with E-state index in [2.05, 4.69) is 44.5 Å². The summed E-state index contributed by atoms with van der Waals surface area (Å²) in [7, 11) is 0. The molecule has 0 bridgehead atoms. The first-order valence-corrected chi connectivity index (χ1v) is 11.8. The zero-order valence-electron chi connectivity index (χ0n) is 19.6. The van der Waals surface area contributed by atoms with E-state index in [9.17, 15) is 9.18 Å². The van der Waals surface area contributed by atoms with Crippen molar-refractivity contribution in [3.63, 3.8) is 0 Å². The fourth-order valence-corrected chi connectivity index (χ4v) is 5.06. The van der Waals surface area contributed by atoms with E-state index in [0.717, 1.165) is 46.3 Å². The normalized spacial score (nSPS) is 14.5. The Morgan fingerprint density at radius 2 is 1.85 bits per heavy atom. The summed E-state index contributed by atoms with van der Waals surface area (Å²) in [5.41, 5.74) is 4.78. The number of fused-ring (bicyclic) bond motifs is 1. The van der Waals surface area contributed by atoms with Crippen LogP contribution in [0, 0.1) is 19.7 Å². The first-order valence-electron chi connectivity index (χ1n) is 11.8. The molecule has 1 saturated carbocycles. The Labute approximate surface area is 197 Å². The lowest BCUT2D eigenvalue weighted by atomic mass is 10.0. The van der Waals surface area contributed by atoms with Gasteiger partial charge in [-0.2, -0.15) is 0 Å². The van der Waals surface area contributed by atoms with Crippen LogP contribution in [0.2, 0.25) is 0 Å². The molecule has 8 heteroatoms. The Morgan fingerprint density at radius 3 is 2.62 bits per heavy atom. The topological polar surface area (TPSA) is 79.7 Å². The Hall–Kier alpha value is -3.39. The van der Waals surface area contributed by atoms with Gasteiger partial charge in [0.15, 0.2) is 5.82 Å². The summed E-state index contributed by atoms with van der Waals surface area (Å²) in [6, 6.07) is 13.0. The van der Waals surface area contributed by atoms with E-state index in [1.165, 1.54) is 30.5 Å². The van der Waals surface area contributed by atoms with Crippen LogP contribution in [0.5, 0.6) is 0 Å². The van der Waals surface area contributed by atoms with Crippen molar-refractivity contribution in [2.45, 2.75) is 65.2 Å². The van der Waals surface area contributed by atoms with Crippen molar-refractivity contribution in [2.75, 3.05) is 0 Å². The lowest BCUT2D eigenvalue weighted by Gasteiger charge is -2.28. The molecular formula is C26H29FN6O. The van der Waals surface area contributed by atoms with E-state index < -0.39 is 0 Å². The third kappa shape index (κ3) is 4.77. The molecule has 0 atom stereocenters. The maximum absolute atomic E-state index is 13.3. The number of aromatic nitrogens is 5. The second-order valence-corrected chi connectivity index (χ2v) is 9.39. The number of nitrogens with one attached hydrogen (secondary N) is 1. The van der Waals surface area contributed by atoms with Crippen molar-refractivity contribution in [1.29, 1.82) is 0 Å². The van der Waals surface area contributed by atoms with Crippen molar-refractivity contribution >= 4 is 10.9 Å². The Morgan fingerprint density at radius 1 is 1.09 bits per heavy atom. The van der Waals surface area contributed by atoms with Gasteiger partial charge in [0.1, 0.15) is 5.82 Å². The largest absolute Gasteiger partial charge is 0.321 e. The fourth-order valence-electron chi connectivity index (χ4n) is 5.06. The number of rotatable bonds is 7. The molecule has 1 N–H and O–H groups in total. The molecule has 2 aromatic heterocycles. The highest BCUT2D eigenvalue weighted by Gasteiger charge is 2.25. The van der Waals surface area contributed by atoms with Crippen molar-refractivity contribution in [1.82, 2.24) is 30.1 Å². The van der Waals surface area contributed by atoms with Gasteiger partial charge in [-0.1, -0.05) is 36.6 Å². The average molecular weight is 461 g/mol. The standard InChI is InChI=1S/C26H29FN6O/c1-17-11-18(2)25-20(12-17)13-21(26(34)28-25)15-32(23-5-3-4-6-23)16-24-29-30-31-33(24)14-19-7-9-22(27)10-8-19/h7-13,23H,3-6,14-16H2,1-2H3,(H,28,34). The summed E-state index contributed by atoms with van der Waals surface area (Å²) in [6.07, 6.45) is 4.58. The molecule has 4 aromatic rings. The summed E-state index contributed by atoms with van der Waals surface area (Å²) in [5.74, 6) is 0.472. The second kappa shape index (κ2) is 9.46. The molecule has 1 fully saturated rings. The van der Waals surface area contributed by atoms with Crippen LogP contribution in [0.4, 0.5) is 4.39 Å². The molecule has 1 aliphatic carbocycles. The molecule has 5 rings (SSSR count). The first-order chi connectivity index (χ1) is 16.5.